The van der Waals surface area contributed by atoms with Crippen LogP contribution in [0.25, 0.3) is 0 Å². The van der Waals surface area contributed by atoms with Crippen molar-refractivity contribution in [1.29, 1.82) is 0 Å². The molecule has 8 heteroatoms. The minimum atomic E-state index is -1.91. The summed E-state index contributed by atoms with van der Waals surface area (Å²) in [6.07, 6.45) is 1.47. The Balaban J connectivity index is 1.39. The number of carbonyl (C=O) groups is 1. The summed E-state index contributed by atoms with van der Waals surface area (Å²) in [5.41, 5.74) is 2.94. The summed E-state index contributed by atoms with van der Waals surface area (Å²) >= 11 is 0. The second-order valence-corrected chi connectivity index (χ2v) is 7.92. The van der Waals surface area contributed by atoms with Crippen molar-refractivity contribution in [3.63, 3.8) is 0 Å². The topological polar surface area (TPSA) is 114 Å². The van der Waals surface area contributed by atoms with E-state index in [4.69, 9.17) is 4.74 Å². The molecular formula is C28H23N3O5. The quantitative estimate of drug-likeness (QED) is 0.207. The summed E-state index contributed by atoms with van der Waals surface area (Å²) in [6.45, 7) is 0.263. The Labute approximate surface area is 207 Å². The van der Waals surface area contributed by atoms with Gasteiger partial charge in [-0.2, -0.15) is 5.10 Å². The predicted octanol–water partition coefficient (Wildman–Crippen LogP) is 4.56. The summed E-state index contributed by atoms with van der Waals surface area (Å²) in [5, 5.41) is 26.2. The highest BCUT2D eigenvalue weighted by atomic mass is 16.6. The number of ether oxygens (including phenoxy) is 1. The molecule has 2 N–H and O–H groups in total. The average molecular weight is 482 g/mol. The monoisotopic (exact) mass is 481 g/mol. The van der Waals surface area contributed by atoms with Crippen molar-refractivity contribution in [1.82, 2.24) is 5.43 Å². The predicted molar refractivity (Wildman–Crippen MR) is 135 cm³/mol. The zero-order valence-corrected chi connectivity index (χ0v) is 19.2. The van der Waals surface area contributed by atoms with Gasteiger partial charge in [0.15, 0.2) is 5.60 Å². The summed E-state index contributed by atoms with van der Waals surface area (Å²) in [4.78, 5) is 23.4. The third-order valence-electron chi connectivity index (χ3n) is 5.52. The number of nitro groups is 1. The van der Waals surface area contributed by atoms with Crippen LogP contribution in [-0.2, 0) is 17.0 Å². The summed E-state index contributed by atoms with van der Waals surface area (Å²) in [6, 6.07) is 30.6. The maximum atomic E-state index is 13.1. The Morgan fingerprint density at radius 3 is 1.97 bits per heavy atom. The van der Waals surface area contributed by atoms with Gasteiger partial charge >= 0.3 is 0 Å². The standard InChI is InChI=1S/C28H23N3O5/c32-27(28(33,23-7-3-1-4-8-23)24-9-5-2-6-10-24)30-29-19-21-13-17-26(18-14-21)36-20-22-11-15-25(16-12-22)31(34)35/h1-19,33H,20H2,(H,30,32)/b29-19+. The van der Waals surface area contributed by atoms with Crippen LogP contribution >= 0.6 is 0 Å². The van der Waals surface area contributed by atoms with E-state index in [1.165, 1.54) is 18.3 Å². The number of nitrogens with zero attached hydrogens (tertiary/aromatic N) is 2. The Bertz CT molecular complexity index is 1300. The zero-order valence-electron chi connectivity index (χ0n) is 19.2. The number of non-ortho nitro benzene ring substituents is 1. The molecule has 0 unspecified atom stereocenters. The molecule has 0 aliphatic rings. The van der Waals surface area contributed by atoms with Crippen molar-refractivity contribution in [2.75, 3.05) is 0 Å². The number of carbonyl (C=O) groups excluding carboxylic acids is 1. The number of hydrogen-bond donors (Lipinski definition) is 2. The van der Waals surface area contributed by atoms with E-state index in [9.17, 15) is 20.0 Å². The fourth-order valence-electron chi connectivity index (χ4n) is 3.56. The van der Waals surface area contributed by atoms with Crippen molar-refractivity contribution >= 4 is 17.8 Å². The highest BCUT2D eigenvalue weighted by Crippen LogP contribution is 2.29. The molecule has 0 aliphatic heterocycles. The van der Waals surface area contributed by atoms with Gasteiger partial charge in [0.2, 0.25) is 0 Å². The second-order valence-electron chi connectivity index (χ2n) is 7.92. The summed E-state index contributed by atoms with van der Waals surface area (Å²) in [5.74, 6) is -0.0729. The molecule has 0 aromatic heterocycles. The molecular weight excluding hydrogens is 458 g/mol. The summed E-state index contributed by atoms with van der Waals surface area (Å²) in [7, 11) is 0. The smallest absolute Gasteiger partial charge is 0.281 e. The van der Waals surface area contributed by atoms with E-state index in [-0.39, 0.29) is 12.3 Å². The molecule has 4 rings (SSSR count). The van der Waals surface area contributed by atoms with E-state index in [1.807, 2.05) is 12.1 Å². The Kier molecular flexibility index (Phi) is 7.48. The van der Waals surface area contributed by atoms with Gasteiger partial charge in [-0.05, 0) is 58.7 Å². The fourth-order valence-corrected chi connectivity index (χ4v) is 3.56. The number of hydrogen-bond acceptors (Lipinski definition) is 6. The van der Waals surface area contributed by atoms with Crippen LogP contribution in [0.3, 0.4) is 0 Å². The molecule has 4 aromatic carbocycles. The second kappa shape index (κ2) is 11.1. The van der Waals surface area contributed by atoms with Gasteiger partial charge in [0.05, 0.1) is 11.1 Å². The first-order valence-corrected chi connectivity index (χ1v) is 11.1. The van der Waals surface area contributed by atoms with Crippen molar-refractivity contribution in [3.8, 4) is 5.75 Å². The van der Waals surface area contributed by atoms with E-state index >= 15 is 0 Å². The molecule has 4 aromatic rings. The van der Waals surface area contributed by atoms with Gasteiger partial charge in [-0.1, -0.05) is 60.7 Å². The number of hydrazone groups is 1. The number of nitro benzene ring substituents is 1. The zero-order chi connectivity index (χ0) is 25.4. The Hall–Kier alpha value is -4.82. The maximum absolute atomic E-state index is 13.1. The molecule has 0 atom stereocenters. The number of aliphatic hydroxyl groups is 1. The van der Waals surface area contributed by atoms with Crippen molar-refractivity contribution < 1.29 is 19.6 Å². The van der Waals surface area contributed by atoms with E-state index in [2.05, 4.69) is 10.5 Å². The van der Waals surface area contributed by atoms with Gasteiger partial charge in [-0.25, -0.2) is 5.43 Å². The fraction of sp³-hybridized carbons (Fsp3) is 0.0714. The molecule has 0 radical (unpaired) electrons. The van der Waals surface area contributed by atoms with Gasteiger partial charge in [-0.15, -0.1) is 0 Å². The summed E-state index contributed by atoms with van der Waals surface area (Å²) < 4.78 is 5.72. The van der Waals surface area contributed by atoms with Gasteiger partial charge in [0.25, 0.3) is 11.6 Å². The maximum Gasteiger partial charge on any atom is 0.281 e. The minimum Gasteiger partial charge on any atom is -0.489 e. The van der Waals surface area contributed by atoms with Crippen LogP contribution < -0.4 is 10.2 Å². The van der Waals surface area contributed by atoms with E-state index in [0.717, 1.165) is 5.56 Å². The van der Waals surface area contributed by atoms with Gasteiger partial charge in [0, 0.05) is 12.1 Å². The van der Waals surface area contributed by atoms with Crippen LogP contribution in [-0.4, -0.2) is 22.2 Å². The molecule has 8 nitrogen and oxygen atoms in total. The number of nitrogens with one attached hydrogen (secondary N) is 1. The minimum absolute atomic E-state index is 0.0282. The number of amides is 1. The van der Waals surface area contributed by atoms with Gasteiger partial charge < -0.3 is 9.84 Å². The first-order valence-electron chi connectivity index (χ1n) is 11.1. The molecule has 0 heterocycles. The Morgan fingerprint density at radius 2 is 1.44 bits per heavy atom. The largest absolute Gasteiger partial charge is 0.489 e. The van der Waals surface area contributed by atoms with E-state index in [0.29, 0.717) is 22.4 Å². The highest BCUT2D eigenvalue weighted by molar-refractivity contribution is 5.91. The lowest BCUT2D eigenvalue weighted by molar-refractivity contribution is -0.384. The average Bonchev–Trinajstić information content (AvgIpc) is 2.93. The van der Waals surface area contributed by atoms with Crippen molar-refractivity contribution in [2.24, 2.45) is 5.10 Å². The third kappa shape index (κ3) is 5.63. The first kappa shape index (κ1) is 24.3. The number of benzene rings is 4. The SMILES string of the molecule is O=C(N/N=C/c1ccc(OCc2ccc([N+](=O)[O-])cc2)cc1)C(O)(c1ccccc1)c1ccccc1. The van der Waals surface area contributed by atoms with Crippen LogP contribution in [0.2, 0.25) is 0 Å². The lowest BCUT2D eigenvalue weighted by Crippen LogP contribution is -2.43. The Morgan fingerprint density at radius 1 is 0.889 bits per heavy atom. The normalized spacial score (nSPS) is 11.2. The van der Waals surface area contributed by atoms with Crippen molar-refractivity contribution in [3.05, 3.63) is 142 Å². The molecule has 1 amide bonds. The van der Waals surface area contributed by atoms with Crippen LogP contribution in [0, 0.1) is 10.1 Å². The van der Waals surface area contributed by atoms with Crippen LogP contribution in [0.15, 0.2) is 114 Å². The molecule has 0 spiro atoms. The third-order valence-corrected chi connectivity index (χ3v) is 5.52. The van der Waals surface area contributed by atoms with E-state index < -0.39 is 16.4 Å². The molecule has 0 bridgehead atoms. The lowest BCUT2D eigenvalue weighted by Gasteiger charge is -2.27. The molecule has 0 saturated carbocycles. The molecule has 0 fully saturated rings. The number of rotatable bonds is 9. The first-order chi connectivity index (χ1) is 17.5. The van der Waals surface area contributed by atoms with E-state index in [1.54, 1.807) is 84.9 Å². The van der Waals surface area contributed by atoms with Crippen LogP contribution in [0.1, 0.15) is 22.3 Å². The van der Waals surface area contributed by atoms with Crippen LogP contribution in [0.4, 0.5) is 5.69 Å². The highest BCUT2D eigenvalue weighted by Gasteiger charge is 2.39. The molecule has 0 aliphatic carbocycles. The molecule has 0 saturated heterocycles. The molecule has 180 valence electrons. The van der Waals surface area contributed by atoms with Crippen LogP contribution in [0.5, 0.6) is 5.75 Å². The van der Waals surface area contributed by atoms with Gasteiger partial charge in [-0.3, -0.25) is 14.9 Å². The molecule has 36 heavy (non-hydrogen) atoms. The van der Waals surface area contributed by atoms with Gasteiger partial charge in [0.1, 0.15) is 12.4 Å². The lowest BCUT2D eigenvalue weighted by atomic mass is 9.85. The van der Waals surface area contributed by atoms with Crippen molar-refractivity contribution in [2.45, 2.75) is 12.2 Å².